The molecule has 0 amide bonds. The molecular formula is C17H23NO2S. The largest absolute Gasteiger partial charge is 0.508 e. The summed E-state index contributed by atoms with van der Waals surface area (Å²) >= 11 is 1.78. The number of likely N-dealkylation sites (N-methyl/N-ethyl adjacent to an activating group) is 1. The van der Waals surface area contributed by atoms with Crippen molar-refractivity contribution in [1.29, 1.82) is 0 Å². The number of ether oxygens (including phenoxy) is 1. The lowest BCUT2D eigenvalue weighted by Gasteiger charge is -2.38. The summed E-state index contributed by atoms with van der Waals surface area (Å²) in [4.78, 5) is 3.58. The lowest BCUT2D eigenvalue weighted by atomic mass is 9.93. The molecule has 0 spiro atoms. The van der Waals surface area contributed by atoms with Gasteiger partial charge in [-0.05, 0) is 49.7 Å². The van der Waals surface area contributed by atoms with E-state index in [0.29, 0.717) is 13.2 Å². The fourth-order valence-corrected chi connectivity index (χ4v) is 3.55. The van der Waals surface area contributed by atoms with Crippen molar-refractivity contribution in [2.45, 2.75) is 25.5 Å². The van der Waals surface area contributed by atoms with Crippen LogP contribution in [0.2, 0.25) is 0 Å². The van der Waals surface area contributed by atoms with Gasteiger partial charge in [0.2, 0.25) is 0 Å². The monoisotopic (exact) mass is 305 g/mol. The average molecular weight is 305 g/mol. The summed E-state index contributed by atoms with van der Waals surface area (Å²) in [6, 6.07) is 11.4. The molecule has 1 aromatic heterocycles. The summed E-state index contributed by atoms with van der Waals surface area (Å²) in [5.41, 5.74) is 0.994. The predicted molar refractivity (Wildman–Crippen MR) is 87.7 cm³/mol. The third-order valence-electron chi connectivity index (χ3n) is 3.97. The Bertz CT molecular complexity index is 536. The van der Waals surface area contributed by atoms with Crippen LogP contribution in [0.25, 0.3) is 0 Å². The van der Waals surface area contributed by atoms with Crippen LogP contribution in [-0.2, 0) is 16.9 Å². The molecule has 0 saturated carbocycles. The molecule has 0 aliphatic carbocycles. The predicted octanol–water partition coefficient (Wildman–Crippen LogP) is 3.84. The fourth-order valence-electron chi connectivity index (χ4n) is 2.49. The number of phenolic OH excluding ortho intramolecular Hbond substituents is 1. The van der Waals surface area contributed by atoms with E-state index in [0.717, 1.165) is 12.0 Å². The van der Waals surface area contributed by atoms with Crippen molar-refractivity contribution >= 4 is 11.3 Å². The molecule has 1 aromatic carbocycles. The van der Waals surface area contributed by atoms with Crippen molar-refractivity contribution in [1.82, 2.24) is 4.90 Å². The summed E-state index contributed by atoms with van der Waals surface area (Å²) < 4.78 is 5.98. The zero-order valence-electron chi connectivity index (χ0n) is 12.9. The van der Waals surface area contributed by atoms with Crippen LogP contribution in [0, 0.1) is 0 Å². The van der Waals surface area contributed by atoms with Gasteiger partial charge in [0.25, 0.3) is 0 Å². The SMILES string of the molecule is CCC(COCc1ccc(O)cc1)(c1cccs1)N(C)C. The Morgan fingerprint density at radius 2 is 1.90 bits per heavy atom. The number of rotatable bonds is 7. The summed E-state index contributed by atoms with van der Waals surface area (Å²) in [6.45, 7) is 3.41. The molecule has 0 saturated heterocycles. The van der Waals surface area contributed by atoms with Crippen LogP contribution < -0.4 is 0 Å². The maximum Gasteiger partial charge on any atom is 0.115 e. The standard InChI is InChI=1S/C17H23NO2S/c1-4-17(18(2)3,16-6-5-11-21-16)13-20-12-14-7-9-15(19)10-8-14/h5-11,19H,4,12-13H2,1-3H3. The summed E-state index contributed by atoms with van der Waals surface area (Å²) in [5, 5.41) is 11.4. The first kappa shape index (κ1) is 16.0. The molecule has 0 fully saturated rings. The van der Waals surface area contributed by atoms with Crippen LogP contribution in [0.4, 0.5) is 0 Å². The van der Waals surface area contributed by atoms with Gasteiger partial charge in [0.05, 0.1) is 18.8 Å². The zero-order chi connectivity index (χ0) is 15.3. The number of phenols is 1. The highest BCUT2D eigenvalue weighted by atomic mass is 32.1. The molecule has 0 radical (unpaired) electrons. The molecule has 1 heterocycles. The lowest BCUT2D eigenvalue weighted by molar-refractivity contribution is 0.00407. The van der Waals surface area contributed by atoms with E-state index in [2.05, 4.69) is 43.4 Å². The number of nitrogens with zero attached hydrogens (tertiary/aromatic N) is 1. The number of aromatic hydroxyl groups is 1. The van der Waals surface area contributed by atoms with E-state index in [1.165, 1.54) is 4.88 Å². The fraction of sp³-hybridized carbons (Fsp3) is 0.412. The molecule has 4 heteroatoms. The van der Waals surface area contributed by atoms with Gasteiger partial charge >= 0.3 is 0 Å². The van der Waals surface area contributed by atoms with Crippen LogP contribution >= 0.6 is 11.3 Å². The van der Waals surface area contributed by atoms with Gasteiger partial charge in [-0.2, -0.15) is 0 Å². The highest BCUT2D eigenvalue weighted by Gasteiger charge is 2.34. The van der Waals surface area contributed by atoms with Crippen LogP contribution in [0.15, 0.2) is 41.8 Å². The Hall–Kier alpha value is -1.36. The summed E-state index contributed by atoms with van der Waals surface area (Å²) in [5.74, 6) is 0.286. The molecule has 2 rings (SSSR count). The molecule has 0 aliphatic rings. The van der Waals surface area contributed by atoms with Crippen LogP contribution in [0.1, 0.15) is 23.8 Å². The van der Waals surface area contributed by atoms with Gasteiger partial charge in [-0.25, -0.2) is 0 Å². The molecule has 21 heavy (non-hydrogen) atoms. The van der Waals surface area contributed by atoms with E-state index in [1.807, 2.05) is 12.1 Å². The van der Waals surface area contributed by atoms with Gasteiger partial charge in [0.1, 0.15) is 5.75 Å². The van der Waals surface area contributed by atoms with Crippen LogP contribution in [-0.4, -0.2) is 30.7 Å². The summed E-state index contributed by atoms with van der Waals surface area (Å²) in [7, 11) is 4.21. The molecule has 1 unspecified atom stereocenters. The Balaban J connectivity index is 2.04. The van der Waals surface area contributed by atoms with Gasteiger partial charge in [0.15, 0.2) is 0 Å². The number of hydrogen-bond donors (Lipinski definition) is 1. The van der Waals surface area contributed by atoms with E-state index in [9.17, 15) is 5.11 Å². The third kappa shape index (κ3) is 3.64. The van der Waals surface area contributed by atoms with Crippen molar-refractivity contribution in [3.05, 3.63) is 52.2 Å². The molecule has 0 bridgehead atoms. The maximum atomic E-state index is 9.30. The Morgan fingerprint density at radius 1 is 1.19 bits per heavy atom. The number of hydrogen-bond acceptors (Lipinski definition) is 4. The van der Waals surface area contributed by atoms with Crippen molar-refractivity contribution in [3.8, 4) is 5.75 Å². The first-order chi connectivity index (χ1) is 10.1. The second-order valence-electron chi connectivity index (χ2n) is 5.42. The van der Waals surface area contributed by atoms with Crippen molar-refractivity contribution < 1.29 is 9.84 Å². The quantitative estimate of drug-likeness (QED) is 0.843. The zero-order valence-corrected chi connectivity index (χ0v) is 13.7. The maximum absolute atomic E-state index is 9.30. The Morgan fingerprint density at radius 3 is 2.43 bits per heavy atom. The molecular weight excluding hydrogens is 282 g/mol. The molecule has 3 nitrogen and oxygen atoms in total. The molecule has 1 N–H and O–H groups in total. The van der Waals surface area contributed by atoms with Gasteiger partial charge in [-0.1, -0.05) is 25.1 Å². The first-order valence-electron chi connectivity index (χ1n) is 7.15. The van der Waals surface area contributed by atoms with Gasteiger partial charge in [0, 0.05) is 4.88 Å². The Kier molecular flexibility index (Phi) is 5.39. The molecule has 0 aliphatic heterocycles. The normalized spacial score (nSPS) is 14.3. The third-order valence-corrected chi connectivity index (χ3v) is 5.03. The highest BCUT2D eigenvalue weighted by Crippen LogP contribution is 2.34. The topological polar surface area (TPSA) is 32.7 Å². The van der Waals surface area contributed by atoms with Crippen LogP contribution in [0.3, 0.4) is 0 Å². The second kappa shape index (κ2) is 7.07. The molecule has 2 aromatic rings. The second-order valence-corrected chi connectivity index (χ2v) is 6.36. The van der Waals surface area contributed by atoms with Crippen LogP contribution in [0.5, 0.6) is 5.75 Å². The highest BCUT2D eigenvalue weighted by molar-refractivity contribution is 7.10. The van der Waals surface area contributed by atoms with E-state index in [4.69, 9.17) is 4.74 Å². The average Bonchev–Trinajstić information content (AvgIpc) is 3.00. The first-order valence-corrected chi connectivity index (χ1v) is 8.03. The van der Waals surface area contributed by atoms with E-state index in [-0.39, 0.29) is 11.3 Å². The minimum atomic E-state index is -0.0783. The summed E-state index contributed by atoms with van der Waals surface area (Å²) in [6.07, 6.45) is 0.996. The minimum absolute atomic E-state index is 0.0783. The van der Waals surface area contributed by atoms with E-state index >= 15 is 0 Å². The lowest BCUT2D eigenvalue weighted by Crippen LogP contribution is -2.44. The number of thiophene rings is 1. The molecule has 114 valence electrons. The van der Waals surface area contributed by atoms with E-state index < -0.39 is 0 Å². The van der Waals surface area contributed by atoms with E-state index in [1.54, 1.807) is 23.5 Å². The van der Waals surface area contributed by atoms with Gasteiger partial charge in [-0.3, -0.25) is 4.90 Å². The number of benzene rings is 1. The van der Waals surface area contributed by atoms with Gasteiger partial charge < -0.3 is 9.84 Å². The smallest absolute Gasteiger partial charge is 0.115 e. The van der Waals surface area contributed by atoms with Crippen molar-refractivity contribution in [2.24, 2.45) is 0 Å². The van der Waals surface area contributed by atoms with Crippen molar-refractivity contribution in [3.63, 3.8) is 0 Å². The minimum Gasteiger partial charge on any atom is -0.508 e. The van der Waals surface area contributed by atoms with Gasteiger partial charge in [-0.15, -0.1) is 11.3 Å². The van der Waals surface area contributed by atoms with Crippen molar-refractivity contribution in [2.75, 3.05) is 20.7 Å². The Labute approximate surface area is 130 Å². The molecule has 1 atom stereocenters.